The Kier molecular flexibility index (Phi) is 6.77. The average molecular weight is 492 g/mol. The summed E-state index contributed by atoms with van der Waals surface area (Å²) in [5.41, 5.74) is -5.26. The lowest BCUT2D eigenvalue weighted by molar-refractivity contribution is -0.138. The van der Waals surface area contributed by atoms with Gasteiger partial charge in [-0.3, -0.25) is 4.79 Å². The summed E-state index contributed by atoms with van der Waals surface area (Å²) in [4.78, 5) is 12.7. The highest BCUT2D eigenvalue weighted by atomic mass is 32.2. The Morgan fingerprint density at radius 2 is 1.62 bits per heavy atom. The van der Waals surface area contributed by atoms with Crippen molar-refractivity contribution in [3.63, 3.8) is 0 Å². The van der Waals surface area contributed by atoms with E-state index in [0.29, 0.717) is 6.07 Å². The van der Waals surface area contributed by atoms with Crippen LogP contribution in [0.25, 0.3) is 0 Å². The first-order chi connectivity index (χ1) is 15.9. The molecule has 1 atom stereocenters. The highest BCUT2D eigenvalue weighted by molar-refractivity contribution is 7.91. The second kappa shape index (κ2) is 9.24. The quantitative estimate of drug-likeness (QED) is 0.399. The highest BCUT2D eigenvalue weighted by Crippen LogP contribution is 2.34. The minimum Gasteiger partial charge on any atom is -0.374 e. The third-order valence-electron chi connectivity index (χ3n) is 4.90. The number of carbonyl (C=O) groups is 1. The van der Waals surface area contributed by atoms with Gasteiger partial charge < -0.3 is 10.4 Å². The molecule has 11 heteroatoms. The van der Waals surface area contributed by atoms with Crippen LogP contribution in [0.15, 0.2) is 77.7 Å². The molecule has 0 unspecified atom stereocenters. The smallest absolute Gasteiger partial charge is 0.374 e. The van der Waals surface area contributed by atoms with E-state index in [4.69, 9.17) is 5.26 Å². The minimum atomic E-state index is -4.90. The number of alkyl halides is 3. The van der Waals surface area contributed by atoms with Crippen LogP contribution < -0.4 is 5.32 Å². The summed E-state index contributed by atoms with van der Waals surface area (Å²) in [5.74, 6) is -3.19. The fraction of sp³-hybridized carbons (Fsp3) is 0.130. The van der Waals surface area contributed by atoms with E-state index in [-0.39, 0.29) is 10.5 Å². The van der Waals surface area contributed by atoms with Crippen LogP contribution in [0, 0.1) is 17.1 Å². The van der Waals surface area contributed by atoms with Crippen molar-refractivity contribution in [3.8, 4) is 6.07 Å². The van der Waals surface area contributed by atoms with Crippen LogP contribution in [0.5, 0.6) is 0 Å². The lowest BCUT2D eigenvalue weighted by Crippen LogP contribution is -2.46. The van der Waals surface area contributed by atoms with Gasteiger partial charge in [-0.1, -0.05) is 30.3 Å². The van der Waals surface area contributed by atoms with Crippen LogP contribution in [0.4, 0.5) is 23.2 Å². The summed E-state index contributed by atoms with van der Waals surface area (Å²) in [6, 6.07) is 14.5. The van der Waals surface area contributed by atoms with Crippen molar-refractivity contribution in [1.29, 1.82) is 5.26 Å². The average Bonchev–Trinajstić information content (AvgIpc) is 2.79. The van der Waals surface area contributed by atoms with E-state index in [1.54, 1.807) is 6.07 Å². The van der Waals surface area contributed by atoms with Gasteiger partial charge in [-0.2, -0.15) is 18.4 Å². The number of nitrogens with zero attached hydrogens (tertiary/aromatic N) is 1. The maximum atomic E-state index is 13.3. The number of hydrogen-bond acceptors (Lipinski definition) is 5. The summed E-state index contributed by atoms with van der Waals surface area (Å²) in [5, 5.41) is 22.3. The van der Waals surface area contributed by atoms with E-state index < -0.39 is 55.9 Å². The van der Waals surface area contributed by atoms with Gasteiger partial charge in [0, 0.05) is 5.69 Å². The third-order valence-corrected chi connectivity index (χ3v) is 6.69. The standard InChI is InChI=1S/C23H16F4N2O4S/c24-17-7-10-19(11-8-17)34(32,33)14-22(31,16-4-2-1-3-5-16)21(30)29-18-9-6-15(13-28)20(12-18)23(25,26)27/h1-12,31H,14H2,(H,29,30)/t22-/m1/s1. The van der Waals surface area contributed by atoms with Gasteiger partial charge in [0.1, 0.15) is 5.82 Å². The molecule has 0 bridgehead atoms. The van der Waals surface area contributed by atoms with Crippen molar-refractivity contribution < 1.29 is 35.9 Å². The van der Waals surface area contributed by atoms with E-state index in [0.717, 1.165) is 36.4 Å². The van der Waals surface area contributed by atoms with Crippen molar-refractivity contribution in [1.82, 2.24) is 0 Å². The Labute approximate surface area is 192 Å². The molecule has 3 rings (SSSR count). The van der Waals surface area contributed by atoms with Gasteiger partial charge in [-0.25, -0.2) is 12.8 Å². The maximum absolute atomic E-state index is 13.3. The molecule has 6 nitrogen and oxygen atoms in total. The molecule has 0 fully saturated rings. The molecule has 0 saturated heterocycles. The summed E-state index contributed by atoms with van der Waals surface area (Å²) < 4.78 is 78.8. The van der Waals surface area contributed by atoms with Crippen molar-refractivity contribution in [2.75, 3.05) is 11.1 Å². The van der Waals surface area contributed by atoms with Gasteiger partial charge in [-0.05, 0) is 48.0 Å². The summed E-state index contributed by atoms with van der Waals surface area (Å²) in [7, 11) is -4.36. The second-order valence-electron chi connectivity index (χ2n) is 7.26. The van der Waals surface area contributed by atoms with Crippen molar-refractivity contribution >= 4 is 21.4 Å². The van der Waals surface area contributed by atoms with Crippen LogP contribution in [0.2, 0.25) is 0 Å². The molecule has 0 heterocycles. The first-order valence-corrected chi connectivity index (χ1v) is 11.2. The molecule has 0 saturated carbocycles. The van der Waals surface area contributed by atoms with Gasteiger partial charge >= 0.3 is 6.18 Å². The first kappa shape index (κ1) is 24.9. The SMILES string of the molecule is N#Cc1ccc(NC(=O)[C@@](O)(CS(=O)(=O)c2ccc(F)cc2)c2ccccc2)cc1C(F)(F)F. The number of halogens is 4. The number of rotatable bonds is 6. The van der Waals surface area contributed by atoms with Crippen molar-refractivity contribution in [2.24, 2.45) is 0 Å². The number of nitriles is 1. The number of amides is 1. The van der Waals surface area contributed by atoms with Crippen LogP contribution in [0.3, 0.4) is 0 Å². The summed E-state index contributed by atoms with van der Waals surface area (Å²) in [6.07, 6.45) is -4.90. The molecule has 0 spiro atoms. The number of anilines is 1. The Morgan fingerprint density at radius 3 is 2.18 bits per heavy atom. The number of nitrogens with one attached hydrogen (secondary N) is 1. The van der Waals surface area contributed by atoms with E-state index >= 15 is 0 Å². The Bertz CT molecular complexity index is 1350. The molecular formula is C23H16F4N2O4S. The Hall–Kier alpha value is -3.75. The molecule has 0 aliphatic carbocycles. The topological polar surface area (TPSA) is 107 Å². The van der Waals surface area contributed by atoms with Gasteiger partial charge in [0.15, 0.2) is 15.4 Å². The fourth-order valence-corrected chi connectivity index (χ4v) is 4.75. The van der Waals surface area contributed by atoms with E-state index in [2.05, 4.69) is 5.32 Å². The molecular weight excluding hydrogens is 476 g/mol. The number of sulfone groups is 1. The Morgan fingerprint density at radius 1 is 1.00 bits per heavy atom. The zero-order valence-corrected chi connectivity index (χ0v) is 18.0. The lowest BCUT2D eigenvalue weighted by atomic mass is 9.94. The van der Waals surface area contributed by atoms with Crippen molar-refractivity contribution in [3.05, 3.63) is 95.3 Å². The largest absolute Gasteiger partial charge is 0.417 e. The van der Waals surface area contributed by atoms with Crippen LogP contribution >= 0.6 is 0 Å². The molecule has 0 aliphatic rings. The van der Waals surface area contributed by atoms with Crippen LogP contribution in [-0.2, 0) is 26.4 Å². The molecule has 2 N–H and O–H groups in total. The van der Waals surface area contributed by atoms with E-state index in [1.165, 1.54) is 30.3 Å². The molecule has 3 aromatic carbocycles. The van der Waals surface area contributed by atoms with Crippen LogP contribution in [0.1, 0.15) is 16.7 Å². The maximum Gasteiger partial charge on any atom is 0.417 e. The molecule has 34 heavy (non-hydrogen) atoms. The lowest BCUT2D eigenvalue weighted by Gasteiger charge is -2.27. The van der Waals surface area contributed by atoms with Crippen molar-refractivity contribution in [2.45, 2.75) is 16.7 Å². The van der Waals surface area contributed by atoms with Gasteiger partial charge in [-0.15, -0.1) is 0 Å². The predicted molar refractivity (Wildman–Crippen MR) is 114 cm³/mol. The molecule has 3 aromatic rings. The van der Waals surface area contributed by atoms with Gasteiger partial charge in [0.2, 0.25) is 0 Å². The predicted octanol–water partition coefficient (Wildman–Crippen LogP) is 4.02. The minimum absolute atomic E-state index is 0.136. The molecule has 0 aromatic heterocycles. The normalized spacial score (nSPS) is 13.5. The second-order valence-corrected chi connectivity index (χ2v) is 9.25. The zero-order valence-electron chi connectivity index (χ0n) is 17.2. The molecule has 0 radical (unpaired) electrons. The van der Waals surface area contributed by atoms with Crippen LogP contribution in [-0.4, -0.2) is 25.2 Å². The monoisotopic (exact) mass is 492 g/mol. The number of aliphatic hydroxyl groups is 1. The Balaban J connectivity index is 2.03. The number of carbonyl (C=O) groups excluding carboxylic acids is 1. The fourth-order valence-electron chi connectivity index (χ4n) is 3.18. The van der Waals surface area contributed by atoms with Gasteiger partial charge in [0.25, 0.3) is 5.91 Å². The first-order valence-electron chi connectivity index (χ1n) is 9.56. The highest BCUT2D eigenvalue weighted by Gasteiger charge is 2.43. The molecule has 0 aliphatic heterocycles. The summed E-state index contributed by atoms with van der Waals surface area (Å²) >= 11 is 0. The number of hydrogen-bond donors (Lipinski definition) is 2. The molecule has 176 valence electrons. The molecule has 1 amide bonds. The van der Waals surface area contributed by atoms with Gasteiger partial charge in [0.05, 0.1) is 27.8 Å². The van der Waals surface area contributed by atoms with E-state index in [9.17, 15) is 35.9 Å². The third kappa shape index (κ3) is 5.24. The summed E-state index contributed by atoms with van der Waals surface area (Å²) in [6.45, 7) is 0. The van der Waals surface area contributed by atoms with E-state index in [1.807, 2.05) is 0 Å². The number of benzene rings is 3. The zero-order chi connectivity index (χ0) is 25.1.